The van der Waals surface area contributed by atoms with Crippen LogP contribution >= 0.6 is 0 Å². The second-order valence-corrected chi connectivity index (χ2v) is 4.72. The molecule has 0 fully saturated rings. The molecule has 3 heteroatoms. The summed E-state index contributed by atoms with van der Waals surface area (Å²) in [6, 6.07) is 17.8. The Morgan fingerprint density at radius 3 is 2.19 bits per heavy atom. The van der Waals surface area contributed by atoms with E-state index in [1.165, 1.54) is 0 Å². The van der Waals surface area contributed by atoms with Gasteiger partial charge in [-0.2, -0.15) is 0 Å². The SMILES string of the molecule is COCCOCCC(=O)c1ccc(-c2ccccc2)cc1. The van der Waals surface area contributed by atoms with E-state index in [2.05, 4.69) is 12.1 Å². The minimum absolute atomic E-state index is 0.104. The first-order valence-corrected chi connectivity index (χ1v) is 7.06. The molecule has 0 spiro atoms. The molecule has 2 aromatic carbocycles. The second-order valence-electron chi connectivity index (χ2n) is 4.72. The van der Waals surface area contributed by atoms with E-state index in [0.29, 0.717) is 26.2 Å². The molecule has 0 bridgehead atoms. The molecular weight excluding hydrogens is 264 g/mol. The number of methoxy groups -OCH3 is 1. The average molecular weight is 284 g/mol. The summed E-state index contributed by atoms with van der Waals surface area (Å²) in [5, 5.41) is 0. The molecule has 0 aliphatic carbocycles. The lowest BCUT2D eigenvalue weighted by molar-refractivity contribution is 0.0641. The number of ketones is 1. The highest BCUT2D eigenvalue weighted by Crippen LogP contribution is 2.19. The van der Waals surface area contributed by atoms with Gasteiger partial charge in [-0.05, 0) is 11.1 Å². The molecule has 0 saturated carbocycles. The lowest BCUT2D eigenvalue weighted by Crippen LogP contribution is -2.08. The van der Waals surface area contributed by atoms with Gasteiger partial charge in [0.15, 0.2) is 5.78 Å². The Balaban J connectivity index is 1.88. The Hall–Kier alpha value is -1.97. The van der Waals surface area contributed by atoms with Crippen molar-refractivity contribution in [1.29, 1.82) is 0 Å². The van der Waals surface area contributed by atoms with Crippen LogP contribution in [0.5, 0.6) is 0 Å². The lowest BCUT2D eigenvalue weighted by atomic mass is 10.0. The molecule has 0 heterocycles. The van der Waals surface area contributed by atoms with E-state index in [1.54, 1.807) is 7.11 Å². The van der Waals surface area contributed by atoms with Gasteiger partial charge in [-0.3, -0.25) is 4.79 Å². The monoisotopic (exact) mass is 284 g/mol. The zero-order valence-electron chi connectivity index (χ0n) is 12.2. The number of hydrogen-bond donors (Lipinski definition) is 0. The fourth-order valence-corrected chi connectivity index (χ4v) is 2.03. The van der Waals surface area contributed by atoms with Crippen LogP contribution < -0.4 is 0 Å². The summed E-state index contributed by atoms with van der Waals surface area (Å²) in [6.45, 7) is 1.51. The minimum Gasteiger partial charge on any atom is -0.382 e. The van der Waals surface area contributed by atoms with Gasteiger partial charge in [0.05, 0.1) is 19.8 Å². The number of ether oxygens (including phenoxy) is 2. The Morgan fingerprint density at radius 1 is 0.857 bits per heavy atom. The largest absolute Gasteiger partial charge is 0.382 e. The van der Waals surface area contributed by atoms with E-state index in [0.717, 1.165) is 16.7 Å². The Kier molecular flexibility index (Phi) is 6.13. The summed E-state index contributed by atoms with van der Waals surface area (Å²) in [5.74, 6) is 0.104. The number of carbonyl (C=O) groups excluding carboxylic acids is 1. The van der Waals surface area contributed by atoms with Crippen LogP contribution in [0.25, 0.3) is 11.1 Å². The second kappa shape index (κ2) is 8.35. The van der Waals surface area contributed by atoms with Gasteiger partial charge in [0, 0.05) is 19.1 Å². The van der Waals surface area contributed by atoms with E-state index in [4.69, 9.17) is 9.47 Å². The van der Waals surface area contributed by atoms with E-state index >= 15 is 0 Å². The van der Waals surface area contributed by atoms with E-state index in [1.807, 2.05) is 42.5 Å². The number of benzene rings is 2. The van der Waals surface area contributed by atoms with Crippen LogP contribution in [0.1, 0.15) is 16.8 Å². The van der Waals surface area contributed by atoms with Crippen LogP contribution in [0.15, 0.2) is 54.6 Å². The lowest BCUT2D eigenvalue weighted by Gasteiger charge is -2.05. The van der Waals surface area contributed by atoms with Crippen molar-refractivity contribution in [3.8, 4) is 11.1 Å². The normalized spacial score (nSPS) is 10.5. The quantitative estimate of drug-likeness (QED) is 0.549. The van der Waals surface area contributed by atoms with Crippen LogP contribution in [-0.4, -0.2) is 32.7 Å². The number of rotatable bonds is 8. The first kappa shape index (κ1) is 15.4. The summed E-state index contributed by atoms with van der Waals surface area (Å²) in [5.41, 5.74) is 2.99. The fourth-order valence-electron chi connectivity index (χ4n) is 2.03. The number of Topliss-reactive ketones (excluding diaryl/α,β-unsaturated/α-hetero) is 1. The third-order valence-corrected chi connectivity index (χ3v) is 3.22. The molecule has 3 nitrogen and oxygen atoms in total. The predicted octanol–water partition coefficient (Wildman–Crippen LogP) is 3.59. The van der Waals surface area contributed by atoms with Crippen molar-refractivity contribution in [2.75, 3.05) is 26.9 Å². The first-order valence-electron chi connectivity index (χ1n) is 7.06. The Labute approximate surface area is 125 Å². The molecule has 2 aromatic rings. The number of hydrogen-bond acceptors (Lipinski definition) is 3. The van der Waals surface area contributed by atoms with Crippen LogP contribution in [0, 0.1) is 0 Å². The summed E-state index contributed by atoms with van der Waals surface area (Å²) >= 11 is 0. The van der Waals surface area contributed by atoms with Crippen molar-refractivity contribution in [1.82, 2.24) is 0 Å². The summed E-state index contributed by atoms with van der Waals surface area (Å²) in [6.07, 6.45) is 0.397. The van der Waals surface area contributed by atoms with Crippen LogP contribution in [-0.2, 0) is 9.47 Å². The van der Waals surface area contributed by atoms with Crippen molar-refractivity contribution in [3.63, 3.8) is 0 Å². The van der Waals surface area contributed by atoms with Crippen molar-refractivity contribution in [2.24, 2.45) is 0 Å². The molecule has 110 valence electrons. The van der Waals surface area contributed by atoms with Crippen LogP contribution in [0.4, 0.5) is 0 Å². The highest BCUT2D eigenvalue weighted by atomic mass is 16.5. The van der Waals surface area contributed by atoms with Gasteiger partial charge in [-0.15, -0.1) is 0 Å². The summed E-state index contributed by atoms with van der Waals surface area (Å²) < 4.78 is 10.2. The molecule has 0 saturated heterocycles. The highest BCUT2D eigenvalue weighted by molar-refractivity contribution is 5.96. The molecule has 0 radical (unpaired) electrons. The maximum Gasteiger partial charge on any atom is 0.165 e. The van der Waals surface area contributed by atoms with Gasteiger partial charge in [0.25, 0.3) is 0 Å². The van der Waals surface area contributed by atoms with Crippen molar-refractivity contribution >= 4 is 5.78 Å². The van der Waals surface area contributed by atoms with Gasteiger partial charge in [0.1, 0.15) is 0 Å². The number of carbonyl (C=O) groups is 1. The highest BCUT2D eigenvalue weighted by Gasteiger charge is 2.06. The minimum atomic E-state index is 0.104. The molecule has 2 rings (SSSR count). The molecule has 0 unspecified atom stereocenters. The van der Waals surface area contributed by atoms with E-state index in [9.17, 15) is 4.79 Å². The molecule has 0 amide bonds. The topological polar surface area (TPSA) is 35.5 Å². The third-order valence-electron chi connectivity index (χ3n) is 3.22. The predicted molar refractivity (Wildman–Crippen MR) is 83.5 cm³/mol. The maximum absolute atomic E-state index is 12.0. The molecule has 0 aromatic heterocycles. The molecule has 0 atom stereocenters. The molecule has 21 heavy (non-hydrogen) atoms. The third kappa shape index (κ3) is 4.81. The van der Waals surface area contributed by atoms with Crippen LogP contribution in [0.3, 0.4) is 0 Å². The molecule has 0 aliphatic heterocycles. The zero-order valence-corrected chi connectivity index (χ0v) is 12.2. The molecule has 0 aliphatic rings. The zero-order chi connectivity index (χ0) is 14.9. The van der Waals surface area contributed by atoms with Crippen LogP contribution in [0.2, 0.25) is 0 Å². The summed E-state index contributed by atoms with van der Waals surface area (Å²) in [4.78, 5) is 12.0. The summed E-state index contributed by atoms with van der Waals surface area (Å²) in [7, 11) is 1.63. The Bertz CT molecular complexity index is 546. The van der Waals surface area contributed by atoms with Crippen molar-refractivity contribution in [2.45, 2.75) is 6.42 Å². The fraction of sp³-hybridized carbons (Fsp3) is 0.278. The van der Waals surface area contributed by atoms with Gasteiger partial charge < -0.3 is 9.47 Å². The van der Waals surface area contributed by atoms with Crippen molar-refractivity contribution in [3.05, 3.63) is 60.2 Å². The smallest absolute Gasteiger partial charge is 0.165 e. The molecular formula is C18H20O3. The van der Waals surface area contributed by atoms with Gasteiger partial charge in [-0.25, -0.2) is 0 Å². The van der Waals surface area contributed by atoms with Gasteiger partial charge in [0.2, 0.25) is 0 Å². The average Bonchev–Trinajstić information content (AvgIpc) is 2.55. The maximum atomic E-state index is 12.0. The van der Waals surface area contributed by atoms with Gasteiger partial charge in [-0.1, -0.05) is 54.6 Å². The van der Waals surface area contributed by atoms with E-state index < -0.39 is 0 Å². The molecule has 0 N–H and O–H groups in total. The van der Waals surface area contributed by atoms with Crippen molar-refractivity contribution < 1.29 is 14.3 Å². The van der Waals surface area contributed by atoms with E-state index in [-0.39, 0.29) is 5.78 Å². The standard InChI is InChI=1S/C18H20O3/c1-20-13-14-21-12-11-18(19)17-9-7-16(8-10-17)15-5-3-2-4-6-15/h2-10H,11-14H2,1H3. The first-order chi connectivity index (χ1) is 10.3. The Morgan fingerprint density at radius 2 is 1.52 bits per heavy atom. The van der Waals surface area contributed by atoms with Gasteiger partial charge >= 0.3 is 0 Å².